The Balaban J connectivity index is 1.07. The van der Waals surface area contributed by atoms with Crippen molar-refractivity contribution in [1.29, 1.82) is 0 Å². The molecule has 2 aliphatic carbocycles. The molecule has 1 fully saturated rings. The molecule has 5 N–H and O–H groups in total. The third-order valence-corrected chi connectivity index (χ3v) is 30.1. The molecule has 8 unspecified atom stereocenters. The largest absolute Gasteiger partial charge is 0.494 e. The fourth-order valence-electron chi connectivity index (χ4n) is 19.7. The summed E-state index contributed by atoms with van der Waals surface area (Å²) < 4.78 is 74.7. The zero-order valence-electron chi connectivity index (χ0n) is 86.2. The number of aliphatic hydroxyl groups excluding tert-OH is 1. The van der Waals surface area contributed by atoms with Gasteiger partial charge in [0.25, 0.3) is 0 Å². The normalized spacial score (nSPS) is 20.0. The number of allylic oxidation sites excluding steroid dienone is 2. The van der Waals surface area contributed by atoms with Crippen LogP contribution in [-0.2, 0) is 57.5 Å². The summed E-state index contributed by atoms with van der Waals surface area (Å²) in [7, 11) is 5.44. The van der Waals surface area contributed by atoms with E-state index in [4.69, 9.17) is 63.6 Å². The number of hydrogen-bond acceptors (Lipinski definition) is 14. The number of methoxy groups -OCH3 is 3. The fraction of sp³-hybridized carbons (Fsp3) is 0.537. The molecule has 8 aromatic rings. The quantitative estimate of drug-likeness (QED) is 0.0243. The molecule has 2 aliphatic heterocycles. The van der Waals surface area contributed by atoms with E-state index in [-0.39, 0.29) is 59.1 Å². The van der Waals surface area contributed by atoms with Gasteiger partial charge in [0.1, 0.15) is 47.6 Å². The average Bonchev–Trinajstić information content (AvgIpc) is 1.55. The molecule has 14 nitrogen and oxygen atoms in total. The van der Waals surface area contributed by atoms with Crippen LogP contribution in [0.25, 0.3) is 47.6 Å². The molecule has 0 radical (unpaired) electrons. The first-order valence-corrected chi connectivity index (χ1v) is 51.0. The van der Waals surface area contributed by atoms with Gasteiger partial charge in [0.05, 0.1) is 61.5 Å². The van der Waals surface area contributed by atoms with Gasteiger partial charge in [-0.15, -0.1) is 0 Å². The lowest BCUT2D eigenvalue weighted by Crippen LogP contribution is -2.46. The summed E-state index contributed by atoms with van der Waals surface area (Å²) >= 11 is 0. The SMILES string of the molecule is CCCCC(C)(COC(C)(COc1cc(CC2(Cc3cc4cc(c3)C3CC(CC)(C3)OCCC(OC)CC(CCC)(OCCC(C)(C)OC)CO4)c3cc(C=Cc4ccc(C=CC(C)(C)c5ccc(OCCCCN)cc5)cc4)ccc3-c3ccc(C(C)(C)C=Cc4ccc(C=Cc5ccc(OCCCCN)cc5)cc4)cc32)cc(OCC(C)CC)c1)CC(C)C(C)C(C)(C)CCO)OC. The minimum Gasteiger partial charge on any atom is -0.494 e. The molecule has 1 saturated carbocycles. The van der Waals surface area contributed by atoms with Crippen LogP contribution in [0.2, 0.25) is 0 Å². The Morgan fingerprint density at radius 3 is 1.60 bits per heavy atom. The van der Waals surface area contributed by atoms with Crippen LogP contribution in [0.3, 0.4) is 0 Å². The Kier molecular flexibility index (Phi) is 39.0. The highest BCUT2D eigenvalue weighted by atomic mass is 16.6. The van der Waals surface area contributed by atoms with Crippen molar-refractivity contribution in [3.8, 4) is 39.9 Å². The van der Waals surface area contributed by atoms with Gasteiger partial charge in [0.15, 0.2) is 0 Å². The van der Waals surface area contributed by atoms with Gasteiger partial charge >= 0.3 is 0 Å². The molecule has 0 saturated heterocycles. The van der Waals surface area contributed by atoms with E-state index in [1.54, 1.807) is 7.11 Å². The van der Waals surface area contributed by atoms with E-state index in [1.807, 2.05) is 26.4 Å². The molecule has 2 heterocycles. The summed E-state index contributed by atoms with van der Waals surface area (Å²) in [4.78, 5) is 0. The molecule has 0 aromatic heterocycles. The first kappa shape index (κ1) is 107. The summed E-state index contributed by atoms with van der Waals surface area (Å²) in [6.45, 7) is 43.9. The second-order valence-corrected chi connectivity index (χ2v) is 42.8. The van der Waals surface area contributed by atoms with E-state index >= 15 is 0 Å². The number of rotatable bonds is 53. The Morgan fingerprint density at radius 1 is 0.504 bits per heavy atom. The van der Waals surface area contributed by atoms with Crippen LogP contribution in [0.5, 0.6) is 28.7 Å². The lowest BCUT2D eigenvalue weighted by Gasteiger charge is -2.48. The van der Waals surface area contributed by atoms with Crippen LogP contribution in [0.1, 0.15) is 312 Å². The first-order chi connectivity index (χ1) is 64.6. The first-order valence-electron chi connectivity index (χ1n) is 51.0. The van der Waals surface area contributed by atoms with Crippen molar-refractivity contribution in [3.05, 3.63) is 254 Å². The van der Waals surface area contributed by atoms with Crippen LogP contribution in [0.15, 0.2) is 182 Å². The molecule has 135 heavy (non-hydrogen) atoms. The topological polar surface area (TPSA) is 174 Å². The second-order valence-electron chi connectivity index (χ2n) is 42.8. The summed E-state index contributed by atoms with van der Waals surface area (Å²) in [6.07, 6.45) is 34.8. The van der Waals surface area contributed by atoms with E-state index in [0.29, 0.717) is 97.4 Å². The lowest BCUT2D eigenvalue weighted by molar-refractivity contribution is -0.144. The minimum absolute atomic E-state index is 0.116. The number of fused-ring (bicyclic) bond motifs is 10. The van der Waals surface area contributed by atoms with Crippen molar-refractivity contribution in [2.45, 2.75) is 302 Å². The maximum absolute atomic E-state index is 10.4. The molecular weight excluding hydrogens is 1670 g/mol. The zero-order valence-corrected chi connectivity index (χ0v) is 86.2. The molecule has 4 aliphatic rings. The highest BCUT2D eigenvalue weighted by Gasteiger charge is 2.49. The number of hydrogen-bond donors (Lipinski definition) is 3. The molecule has 8 atom stereocenters. The average molecular weight is 1840 g/mol. The van der Waals surface area contributed by atoms with Gasteiger partial charge in [-0.25, -0.2) is 0 Å². The van der Waals surface area contributed by atoms with Crippen molar-refractivity contribution in [3.63, 3.8) is 0 Å². The summed E-state index contributed by atoms with van der Waals surface area (Å²) in [5.74, 6) is 5.06. The van der Waals surface area contributed by atoms with Gasteiger partial charge in [0.2, 0.25) is 0 Å². The Morgan fingerprint density at radius 2 is 1.04 bits per heavy atom. The third-order valence-electron chi connectivity index (χ3n) is 30.1. The van der Waals surface area contributed by atoms with Crippen LogP contribution in [-0.4, -0.2) is 133 Å². The van der Waals surface area contributed by atoms with E-state index in [1.165, 1.54) is 44.5 Å². The Labute approximate surface area is 813 Å². The fourth-order valence-corrected chi connectivity index (χ4v) is 19.7. The molecule has 8 aromatic carbocycles. The maximum Gasteiger partial charge on any atom is 0.123 e. The zero-order chi connectivity index (χ0) is 97.1. The van der Waals surface area contributed by atoms with Gasteiger partial charge in [-0.1, -0.05) is 280 Å². The molecule has 734 valence electrons. The van der Waals surface area contributed by atoms with Gasteiger partial charge < -0.3 is 68.7 Å². The van der Waals surface area contributed by atoms with Gasteiger partial charge in [-0.05, 0) is 298 Å². The van der Waals surface area contributed by atoms with Gasteiger partial charge in [-0.2, -0.15) is 0 Å². The highest BCUT2D eigenvalue weighted by molar-refractivity contribution is 5.85. The summed E-state index contributed by atoms with van der Waals surface area (Å²) in [5.41, 5.74) is 24.9. The van der Waals surface area contributed by atoms with Crippen LogP contribution >= 0.6 is 0 Å². The van der Waals surface area contributed by atoms with Crippen LogP contribution in [0, 0.1) is 23.2 Å². The Bertz CT molecular complexity index is 5100. The molecule has 14 heteroatoms. The second kappa shape index (κ2) is 49.3. The molecule has 0 spiro atoms. The monoisotopic (exact) mass is 1840 g/mol. The number of ether oxygens (including phenoxy) is 11. The summed E-state index contributed by atoms with van der Waals surface area (Å²) in [5, 5.41) is 10.4. The molecule has 12 rings (SSSR count). The number of unbranched alkanes of at least 4 members (excludes halogenated alkanes) is 3. The van der Waals surface area contributed by atoms with Crippen LogP contribution in [0.4, 0.5) is 0 Å². The van der Waals surface area contributed by atoms with Crippen molar-refractivity contribution in [2.75, 3.05) is 93.9 Å². The standard InChI is InChI=1S/C121H168N2O12/c1-21-25-58-117(16,127-20)86-135-118(17,78-89(6)90(7)113(8,9)61-65-124)85-131-108-73-98(72-107(77-108)130-84-88(5)23-3)80-121(79-97-70-99-75-106(71-97)132-87-120(57-22-2,134-69-62-116(14,15)126-19)83-105(125-18)56-68-133-119(24-4)81-100(99)82-119)111-74-96(41-40-92-34-38-94(39-35-92)54-59-114(10,11)101-45-50-104(51-46-101)129-67-29-27-64-123)44-52-109(111)110-53-47-102(76-112(110)121)115(12,13)60-55-95-36-32-91(33-37-95)30-31-93-42-48-103(49-43-93)128-66-28-26-63-122/h30-55,59-60,70-77,88-90,100,105,124H,21-29,56-58,61-69,78-87,122-123H2,1-20H3. The third kappa shape index (κ3) is 30.0. The number of benzene rings is 8. The van der Waals surface area contributed by atoms with Gasteiger partial charge in [-0.3, -0.25) is 0 Å². The Hall–Kier alpha value is -8.64. The number of aliphatic hydroxyl groups is 1. The van der Waals surface area contributed by atoms with Crippen molar-refractivity contribution in [2.24, 2.45) is 34.6 Å². The smallest absolute Gasteiger partial charge is 0.123 e. The highest BCUT2D eigenvalue weighted by Crippen LogP contribution is 2.56. The predicted molar refractivity (Wildman–Crippen MR) is 562 cm³/mol. The van der Waals surface area contributed by atoms with Crippen molar-refractivity contribution < 1.29 is 57.2 Å². The number of nitrogens with two attached hydrogens (primary N) is 2. The minimum atomic E-state index is -0.754. The van der Waals surface area contributed by atoms with Crippen LogP contribution < -0.4 is 35.2 Å². The van der Waals surface area contributed by atoms with E-state index in [0.717, 1.165) is 164 Å². The molecule has 0 amide bonds. The molecular formula is C121H168N2O12. The van der Waals surface area contributed by atoms with Crippen molar-refractivity contribution >= 4 is 36.5 Å². The van der Waals surface area contributed by atoms with E-state index in [9.17, 15) is 5.11 Å². The predicted octanol–water partition coefficient (Wildman–Crippen LogP) is 27.8. The van der Waals surface area contributed by atoms with E-state index in [2.05, 4.69) is 324 Å². The molecule has 4 bridgehead atoms. The van der Waals surface area contributed by atoms with E-state index < -0.39 is 27.6 Å². The lowest BCUT2D eigenvalue weighted by atomic mass is 9.65. The maximum atomic E-state index is 10.4. The summed E-state index contributed by atoms with van der Waals surface area (Å²) in [6, 6.07) is 63.1. The van der Waals surface area contributed by atoms with Crippen molar-refractivity contribution in [1.82, 2.24) is 0 Å². The van der Waals surface area contributed by atoms with Gasteiger partial charge in [0, 0.05) is 63.3 Å².